The highest BCUT2D eigenvalue weighted by Crippen LogP contribution is 2.12. The second kappa shape index (κ2) is 13.0. The predicted molar refractivity (Wildman–Crippen MR) is 123 cm³/mol. The molecule has 9 heteroatoms. The van der Waals surface area contributed by atoms with Crippen molar-refractivity contribution in [3.8, 4) is 5.75 Å². The average Bonchev–Trinajstić information content (AvgIpc) is 3.36. The summed E-state index contributed by atoms with van der Waals surface area (Å²) in [5, 5.41) is 9.14. The van der Waals surface area contributed by atoms with Gasteiger partial charge in [0.2, 0.25) is 0 Å². The molecule has 3 N–H and O–H groups in total. The number of hydrazone groups is 1. The van der Waals surface area contributed by atoms with E-state index >= 15 is 0 Å². The summed E-state index contributed by atoms with van der Waals surface area (Å²) in [5.74, 6) is -1.26. The van der Waals surface area contributed by atoms with Gasteiger partial charge in [-0.1, -0.05) is 30.3 Å². The van der Waals surface area contributed by atoms with E-state index in [9.17, 15) is 14.4 Å². The third kappa shape index (κ3) is 8.74. The Morgan fingerprint density at radius 2 is 1.82 bits per heavy atom. The maximum Gasteiger partial charge on any atom is 0.329 e. The van der Waals surface area contributed by atoms with Gasteiger partial charge >= 0.3 is 11.8 Å². The molecule has 0 spiro atoms. The quantitative estimate of drug-likeness (QED) is 0.284. The summed E-state index contributed by atoms with van der Waals surface area (Å²) in [4.78, 5) is 35.5. The molecule has 1 saturated heterocycles. The molecule has 3 rings (SSSR count). The van der Waals surface area contributed by atoms with Crippen LogP contribution in [0.4, 0.5) is 0 Å². The van der Waals surface area contributed by atoms with Crippen LogP contribution in [0, 0.1) is 0 Å². The summed E-state index contributed by atoms with van der Waals surface area (Å²) in [5.41, 5.74) is 3.96. The van der Waals surface area contributed by atoms with Crippen molar-refractivity contribution < 1.29 is 23.9 Å². The van der Waals surface area contributed by atoms with E-state index in [2.05, 4.69) is 21.2 Å². The van der Waals surface area contributed by atoms with Gasteiger partial charge in [-0.15, -0.1) is 0 Å². The molecule has 174 valence electrons. The first kappa shape index (κ1) is 23.9. The number of nitrogens with zero attached hydrogens (tertiary/aromatic N) is 1. The lowest BCUT2D eigenvalue weighted by Crippen LogP contribution is -2.38. The SMILES string of the molecule is O=C(COc1ccc(/C=N\NC(=O)C(=O)NCCc2ccccc2)cc1)NC[C@H]1CCCO1. The molecule has 0 unspecified atom stereocenters. The molecule has 1 heterocycles. The Balaban J connectivity index is 1.32. The van der Waals surface area contributed by atoms with Crippen LogP contribution in [0.25, 0.3) is 0 Å². The van der Waals surface area contributed by atoms with E-state index < -0.39 is 11.8 Å². The van der Waals surface area contributed by atoms with Gasteiger partial charge in [0.05, 0.1) is 12.3 Å². The number of ether oxygens (including phenoxy) is 2. The molecule has 3 amide bonds. The number of carbonyl (C=O) groups is 3. The Hall–Kier alpha value is -3.72. The minimum atomic E-state index is -0.840. The van der Waals surface area contributed by atoms with Crippen molar-refractivity contribution in [2.24, 2.45) is 5.10 Å². The van der Waals surface area contributed by atoms with E-state index in [4.69, 9.17) is 9.47 Å². The summed E-state index contributed by atoms with van der Waals surface area (Å²) in [7, 11) is 0. The van der Waals surface area contributed by atoms with Gasteiger partial charge in [0, 0.05) is 19.7 Å². The summed E-state index contributed by atoms with van der Waals surface area (Å²) >= 11 is 0. The first-order valence-corrected chi connectivity index (χ1v) is 10.9. The zero-order valence-corrected chi connectivity index (χ0v) is 18.3. The molecule has 0 aliphatic carbocycles. The Bertz CT molecular complexity index is 941. The van der Waals surface area contributed by atoms with Gasteiger partial charge in [-0.05, 0) is 54.7 Å². The normalized spacial score (nSPS) is 15.2. The van der Waals surface area contributed by atoms with Crippen LogP contribution < -0.4 is 20.8 Å². The number of rotatable bonds is 10. The van der Waals surface area contributed by atoms with E-state index in [0.717, 1.165) is 25.0 Å². The fraction of sp³-hybridized carbons (Fsp3) is 0.333. The number of hydrogen-bond acceptors (Lipinski definition) is 6. The molecule has 9 nitrogen and oxygen atoms in total. The van der Waals surface area contributed by atoms with Gasteiger partial charge in [0.25, 0.3) is 5.91 Å². The summed E-state index contributed by atoms with van der Waals surface area (Å²) < 4.78 is 10.9. The van der Waals surface area contributed by atoms with Gasteiger partial charge in [-0.2, -0.15) is 5.10 Å². The van der Waals surface area contributed by atoms with Gasteiger partial charge in [-0.3, -0.25) is 14.4 Å². The maximum atomic E-state index is 11.9. The van der Waals surface area contributed by atoms with Gasteiger partial charge in [-0.25, -0.2) is 5.43 Å². The fourth-order valence-corrected chi connectivity index (χ4v) is 3.14. The molecule has 2 aromatic carbocycles. The third-order valence-corrected chi connectivity index (χ3v) is 4.93. The van der Waals surface area contributed by atoms with Crippen LogP contribution in [0.3, 0.4) is 0 Å². The predicted octanol–water partition coefficient (Wildman–Crippen LogP) is 1.17. The number of amides is 3. The highest BCUT2D eigenvalue weighted by molar-refractivity contribution is 6.35. The molecule has 1 atom stereocenters. The molecule has 0 bridgehead atoms. The maximum absolute atomic E-state index is 11.9. The Kier molecular flexibility index (Phi) is 9.41. The lowest BCUT2D eigenvalue weighted by Gasteiger charge is -2.11. The van der Waals surface area contributed by atoms with Gasteiger partial charge in [0.15, 0.2) is 6.61 Å². The van der Waals surface area contributed by atoms with E-state index in [1.807, 2.05) is 30.3 Å². The Morgan fingerprint density at radius 1 is 1.03 bits per heavy atom. The second-order valence-corrected chi connectivity index (χ2v) is 7.49. The Labute approximate surface area is 192 Å². The fourth-order valence-electron chi connectivity index (χ4n) is 3.14. The molecular weight excluding hydrogens is 424 g/mol. The summed E-state index contributed by atoms with van der Waals surface area (Å²) in [6.07, 6.45) is 4.12. The molecule has 0 aromatic heterocycles. The molecule has 2 aromatic rings. The zero-order valence-electron chi connectivity index (χ0n) is 18.3. The van der Waals surface area contributed by atoms with Crippen molar-refractivity contribution in [3.05, 3.63) is 65.7 Å². The summed E-state index contributed by atoms with van der Waals surface area (Å²) in [6, 6.07) is 16.5. The third-order valence-electron chi connectivity index (χ3n) is 4.93. The number of benzene rings is 2. The molecule has 1 aliphatic heterocycles. The van der Waals surface area contributed by atoms with Crippen molar-refractivity contribution in [3.63, 3.8) is 0 Å². The van der Waals surface area contributed by atoms with Crippen molar-refractivity contribution in [1.82, 2.24) is 16.1 Å². The summed E-state index contributed by atoms with van der Waals surface area (Å²) in [6.45, 7) is 1.51. The highest BCUT2D eigenvalue weighted by atomic mass is 16.5. The van der Waals surface area contributed by atoms with Gasteiger partial charge < -0.3 is 20.1 Å². The lowest BCUT2D eigenvalue weighted by molar-refractivity contribution is -0.139. The number of nitrogens with one attached hydrogen (secondary N) is 3. The molecule has 0 saturated carbocycles. The van der Waals surface area contributed by atoms with Crippen molar-refractivity contribution in [2.45, 2.75) is 25.4 Å². The molecule has 0 radical (unpaired) electrons. The molecule has 1 fully saturated rings. The molecular formula is C24H28N4O5. The number of hydrogen-bond donors (Lipinski definition) is 3. The van der Waals surface area contributed by atoms with E-state index in [-0.39, 0.29) is 18.6 Å². The van der Waals surface area contributed by atoms with Crippen LogP contribution >= 0.6 is 0 Å². The van der Waals surface area contributed by atoms with Crippen LogP contribution in [-0.2, 0) is 25.5 Å². The lowest BCUT2D eigenvalue weighted by atomic mass is 10.1. The largest absolute Gasteiger partial charge is 0.484 e. The first-order chi connectivity index (χ1) is 16.1. The number of carbonyl (C=O) groups excluding carboxylic acids is 3. The minimum absolute atomic E-state index is 0.0877. The monoisotopic (exact) mass is 452 g/mol. The molecule has 33 heavy (non-hydrogen) atoms. The smallest absolute Gasteiger partial charge is 0.329 e. The van der Waals surface area contributed by atoms with Crippen LogP contribution in [-0.4, -0.2) is 56.3 Å². The standard InChI is InChI=1S/C24H28N4O5/c29-22(26-16-21-7-4-14-32-21)17-33-20-10-8-19(9-11-20)15-27-28-24(31)23(30)25-13-12-18-5-2-1-3-6-18/h1-3,5-6,8-11,15,21H,4,7,12-14,16-17H2,(H,25,30)(H,26,29)(H,28,31)/b27-15-/t21-/m1/s1. The van der Waals surface area contributed by atoms with Crippen molar-refractivity contribution >= 4 is 23.9 Å². The minimum Gasteiger partial charge on any atom is -0.484 e. The van der Waals surface area contributed by atoms with E-state index in [1.165, 1.54) is 6.21 Å². The topological polar surface area (TPSA) is 118 Å². The molecule has 1 aliphatic rings. The first-order valence-electron chi connectivity index (χ1n) is 10.9. The van der Waals surface area contributed by atoms with Gasteiger partial charge in [0.1, 0.15) is 5.75 Å². The van der Waals surface area contributed by atoms with E-state index in [1.54, 1.807) is 24.3 Å². The van der Waals surface area contributed by atoms with Crippen molar-refractivity contribution in [2.75, 3.05) is 26.3 Å². The Morgan fingerprint density at radius 3 is 2.55 bits per heavy atom. The van der Waals surface area contributed by atoms with Crippen LogP contribution in [0.15, 0.2) is 59.7 Å². The van der Waals surface area contributed by atoms with Crippen LogP contribution in [0.1, 0.15) is 24.0 Å². The average molecular weight is 453 g/mol. The highest BCUT2D eigenvalue weighted by Gasteiger charge is 2.16. The van der Waals surface area contributed by atoms with Crippen molar-refractivity contribution in [1.29, 1.82) is 0 Å². The van der Waals surface area contributed by atoms with Crippen LogP contribution in [0.2, 0.25) is 0 Å². The van der Waals surface area contributed by atoms with E-state index in [0.29, 0.717) is 30.8 Å². The zero-order chi connectivity index (χ0) is 23.3. The van der Waals surface area contributed by atoms with Crippen LogP contribution in [0.5, 0.6) is 5.75 Å². The second-order valence-electron chi connectivity index (χ2n) is 7.49.